The molecule has 0 saturated carbocycles. The lowest BCUT2D eigenvalue weighted by Gasteiger charge is -2.26. The Hall–Kier alpha value is -3.31. The normalized spacial score (nSPS) is 19.2. The van der Waals surface area contributed by atoms with E-state index in [4.69, 9.17) is 9.62 Å². The van der Waals surface area contributed by atoms with Crippen molar-refractivity contribution in [2.75, 3.05) is 0 Å². The molecule has 0 bridgehead atoms. The Bertz CT molecular complexity index is 1190. The summed E-state index contributed by atoms with van der Waals surface area (Å²) in [7, 11) is 0. The molecule has 4 heterocycles. The Labute approximate surface area is 152 Å². The molecule has 1 aliphatic rings. The standard InChI is InChI=1S/C18H12N6OS/c1-9-5-6-14(26-9)17-11(7-19)15(12-8-20-22-18(12)21-17)10-3-2-4-13-16(10)24-25-23-13/h2-6,8,11,15H,1H3,(H,20,22). The number of aromatic amines is 1. The van der Waals surface area contributed by atoms with Crippen molar-refractivity contribution in [3.8, 4) is 6.07 Å². The van der Waals surface area contributed by atoms with Crippen LogP contribution < -0.4 is 0 Å². The van der Waals surface area contributed by atoms with Gasteiger partial charge in [0.25, 0.3) is 0 Å². The molecule has 0 saturated heterocycles. The quantitative estimate of drug-likeness (QED) is 0.587. The van der Waals surface area contributed by atoms with E-state index in [0.717, 1.165) is 21.7 Å². The van der Waals surface area contributed by atoms with Crippen molar-refractivity contribution in [2.24, 2.45) is 10.9 Å². The van der Waals surface area contributed by atoms with Gasteiger partial charge < -0.3 is 0 Å². The summed E-state index contributed by atoms with van der Waals surface area (Å²) in [5, 5.41) is 25.1. The van der Waals surface area contributed by atoms with Gasteiger partial charge in [0.1, 0.15) is 17.0 Å². The number of nitrogens with zero attached hydrogens (tertiary/aromatic N) is 5. The first-order valence-electron chi connectivity index (χ1n) is 8.05. The summed E-state index contributed by atoms with van der Waals surface area (Å²) < 4.78 is 4.92. The molecule has 0 aliphatic carbocycles. The van der Waals surface area contributed by atoms with Crippen LogP contribution >= 0.6 is 11.3 Å². The third-order valence-electron chi connectivity index (χ3n) is 4.63. The highest BCUT2D eigenvalue weighted by Crippen LogP contribution is 2.44. The molecule has 7 nitrogen and oxygen atoms in total. The third-order valence-corrected chi connectivity index (χ3v) is 5.65. The highest BCUT2D eigenvalue weighted by Gasteiger charge is 2.38. The molecule has 0 radical (unpaired) electrons. The molecule has 1 aromatic carbocycles. The Morgan fingerprint density at radius 1 is 1.19 bits per heavy atom. The first-order chi connectivity index (χ1) is 12.8. The molecule has 1 aliphatic heterocycles. The zero-order chi connectivity index (χ0) is 17.7. The largest absolute Gasteiger partial charge is 0.261 e. The number of hydrogen-bond donors (Lipinski definition) is 1. The van der Waals surface area contributed by atoms with Crippen LogP contribution in [0.25, 0.3) is 11.0 Å². The van der Waals surface area contributed by atoms with Crippen LogP contribution in [0, 0.1) is 24.2 Å². The van der Waals surface area contributed by atoms with Crippen LogP contribution in [-0.4, -0.2) is 26.2 Å². The number of aliphatic imine (C=N–C) groups is 1. The van der Waals surface area contributed by atoms with Gasteiger partial charge in [0.15, 0.2) is 5.82 Å². The molecule has 126 valence electrons. The van der Waals surface area contributed by atoms with Crippen molar-refractivity contribution >= 4 is 33.9 Å². The van der Waals surface area contributed by atoms with Crippen molar-refractivity contribution < 1.29 is 4.63 Å². The number of rotatable bonds is 2. The molecule has 0 fully saturated rings. The maximum atomic E-state index is 10.0. The van der Waals surface area contributed by atoms with Crippen molar-refractivity contribution in [2.45, 2.75) is 12.8 Å². The van der Waals surface area contributed by atoms with E-state index < -0.39 is 5.92 Å². The summed E-state index contributed by atoms with van der Waals surface area (Å²) in [5.74, 6) is -0.0317. The van der Waals surface area contributed by atoms with E-state index in [0.29, 0.717) is 16.9 Å². The van der Waals surface area contributed by atoms with Crippen molar-refractivity contribution in [3.63, 3.8) is 0 Å². The average Bonchev–Trinajstić information content (AvgIpc) is 3.39. The Morgan fingerprint density at radius 3 is 2.92 bits per heavy atom. The molecular formula is C18H12N6OS. The molecule has 5 rings (SSSR count). The summed E-state index contributed by atoms with van der Waals surface area (Å²) in [6.07, 6.45) is 1.73. The van der Waals surface area contributed by atoms with Crippen LogP contribution in [0.1, 0.15) is 26.8 Å². The molecule has 2 atom stereocenters. The Kier molecular flexibility index (Phi) is 3.23. The monoisotopic (exact) mass is 360 g/mol. The van der Waals surface area contributed by atoms with Crippen molar-refractivity contribution in [1.29, 1.82) is 5.26 Å². The number of nitrogens with one attached hydrogen (secondary N) is 1. The van der Waals surface area contributed by atoms with Crippen LogP contribution in [0.2, 0.25) is 0 Å². The zero-order valence-electron chi connectivity index (χ0n) is 13.7. The predicted octanol–water partition coefficient (Wildman–Crippen LogP) is 3.72. The van der Waals surface area contributed by atoms with Gasteiger partial charge in [-0.3, -0.25) is 5.10 Å². The lowest BCUT2D eigenvalue weighted by atomic mass is 9.77. The number of hydrogen-bond acceptors (Lipinski definition) is 7. The summed E-state index contributed by atoms with van der Waals surface area (Å²) in [6, 6.07) is 12.2. The number of benzene rings is 1. The van der Waals surface area contributed by atoms with Gasteiger partial charge in [-0.1, -0.05) is 12.1 Å². The Morgan fingerprint density at radius 2 is 2.12 bits per heavy atom. The minimum absolute atomic E-state index is 0.251. The first kappa shape index (κ1) is 15.0. The van der Waals surface area contributed by atoms with Gasteiger partial charge in [0.2, 0.25) is 0 Å². The van der Waals surface area contributed by atoms with E-state index in [1.54, 1.807) is 17.5 Å². The zero-order valence-corrected chi connectivity index (χ0v) is 14.5. The Balaban J connectivity index is 1.76. The molecular weight excluding hydrogens is 348 g/mol. The molecule has 2 unspecified atom stereocenters. The summed E-state index contributed by atoms with van der Waals surface area (Å²) in [5.41, 5.74) is 3.84. The lowest BCUT2D eigenvalue weighted by Crippen LogP contribution is -2.25. The number of fused-ring (bicyclic) bond motifs is 2. The van der Waals surface area contributed by atoms with E-state index in [2.05, 4.69) is 26.6 Å². The maximum absolute atomic E-state index is 10.0. The second-order valence-electron chi connectivity index (χ2n) is 6.14. The predicted molar refractivity (Wildman–Crippen MR) is 96.6 cm³/mol. The SMILES string of the molecule is Cc1ccc(C2=Nc3[nH]ncc3C(c3cccc4nonc34)C2C#N)s1. The maximum Gasteiger partial charge on any atom is 0.152 e. The second kappa shape index (κ2) is 5.61. The number of thiophene rings is 1. The highest BCUT2D eigenvalue weighted by molar-refractivity contribution is 7.14. The third kappa shape index (κ3) is 2.11. The van der Waals surface area contributed by atoms with Gasteiger partial charge in [-0.25, -0.2) is 9.62 Å². The fourth-order valence-corrected chi connectivity index (χ4v) is 4.37. The molecule has 3 aromatic heterocycles. The van der Waals surface area contributed by atoms with Gasteiger partial charge >= 0.3 is 0 Å². The summed E-state index contributed by atoms with van der Waals surface area (Å²) in [6.45, 7) is 2.04. The summed E-state index contributed by atoms with van der Waals surface area (Å²) in [4.78, 5) is 6.88. The molecule has 0 amide bonds. The van der Waals surface area contributed by atoms with Crippen LogP contribution in [0.3, 0.4) is 0 Å². The topological polar surface area (TPSA) is 104 Å². The molecule has 8 heteroatoms. The molecule has 4 aromatic rings. The van der Waals surface area contributed by atoms with Gasteiger partial charge in [-0.15, -0.1) is 11.3 Å². The van der Waals surface area contributed by atoms with Gasteiger partial charge in [0.05, 0.1) is 22.9 Å². The highest BCUT2D eigenvalue weighted by atomic mass is 32.1. The average molecular weight is 360 g/mol. The number of aryl methyl sites for hydroxylation is 1. The van der Waals surface area contributed by atoms with E-state index >= 15 is 0 Å². The van der Waals surface area contributed by atoms with Gasteiger partial charge in [0, 0.05) is 16.4 Å². The molecule has 0 spiro atoms. The van der Waals surface area contributed by atoms with Crippen molar-refractivity contribution in [1.82, 2.24) is 20.5 Å². The second-order valence-corrected chi connectivity index (χ2v) is 7.43. The van der Waals surface area contributed by atoms with E-state index in [-0.39, 0.29) is 5.92 Å². The van der Waals surface area contributed by atoms with Gasteiger partial charge in [-0.2, -0.15) is 10.4 Å². The fraction of sp³-hybridized carbons (Fsp3) is 0.167. The first-order valence-corrected chi connectivity index (χ1v) is 8.87. The van der Waals surface area contributed by atoms with Crippen LogP contribution in [0.4, 0.5) is 5.82 Å². The minimum Gasteiger partial charge on any atom is -0.261 e. The number of aromatic nitrogens is 4. The molecule has 1 N–H and O–H groups in total. The summed E-state index contributed by atoms with van der Waals surface area (Å²) >= 11 is 1.63. The van der Waals surface area contributed by atoms with Crippen molar-refractivity contribution in [3.05, 3.63) is 57.4 Å². The lowest BCUT2D eigenvalue weighted by molar-refractivity contribution is 0.315. The number of nitriles is 1. The van der Waals surface area contributed by atoms with Gasteiger partial charge in [-0.05, 0) is 41.0 Å². The van der Waals surface area contributed by atoms with E-state index in [1.807, 2.05) is 37.3 Å². The van der Waals surface area contributed by atoms with E-state index in [1.165, 1.54) is 4.88 Å². The smallest absolute Gasteiger partial charge is 0.152 e. The van der Waals surface area contributed by atoms with Crippen LogP contribution in [-0.2, 0) is 0 Å². The molecule has 26 heavy (non-hydrogen) atoms. The minimum atomic E-state index is -0.458. The van der Waals surface area contributed by atoms with Crippen LogP contribution in [0.5, 0.6) is 0 Å². The fourth-order valence-electron chi connectivity index (χ4n) is 3.47. The van der Waals surface area contributed by atoms with Crippen LogP contribution in [0.15, 0.2) is 46.2 Å². The van der Waals surface area contributed by atoms with E-state index in [9.17, 15) is 5.26 Å². The number of H-pyrrole nitrogens is 1.